The van der Waals surface area contributed by atoms with Crippen molar-refractivity contribution >= 4 is 35.0 Å². The van der Waals surface area contributed by atoms with Gasteiger partial charge in [-0.05, 0) is 30.8 Å². The van der Waals surface area contributed by atoms with E-state index in [0.717, 1.165) is 11.3 Å². The van der Waals surface area contributed by atoms with E-state index in [-0.39, 0.29) is 40.6 Å². The SMILES string of the molecule is CCOC(=O)c1nc(COC(=O)c2cccnc2SC(F)F)cs1. The molecule has 0 aliphatic carbocycles. The summed E-state index contributed by atoms with van der Waals surface area (Å²) in [6, 6.07) is 2.80. The average molecular weight is 374 g/mol. The first-order valence-electron chi connectivity index (χ1n) is 6.69. The number of nitrogens with zero attached hydrogens (tertiary/aromatic N) is 2. The number of ether oxygens (including phenoxy) is 2. The summed E-state index contributed by atoms with van der Waals surface area (Å²) in [6.07, 6.45) is 1.31. The van der Waals surface area contributed by atoms with Crippen molar-refractivity contribution in [3.63, 3.8) is 0 Å². The highest BCUT2D eigenvalue weighted by molar-refractivity contribution is 7.99. The number of rotatable bonds is 7. The first-order valence-corrected chi connectivity index (χ1v) is 8.45. The number of halogens is 2. The molecule has 2 rings (SSSR count). The second-order valence-electron chi connectivity index (χ2n) is 4.18. The first kappa shape index (κ1) is 18.3. The van der Waals surface area contributed by atoms with Gasteiger partial charge in [0.1, 0.15) is 11.6 Å². The predicted octanol–water partition coefficient (Wildman–Crippen LogP) is 3.39. The molecule has 6 nitrogen and oxygen atoms in total. The number of esters is 2. The third-order valence-corrected chi connectivity index (χ3v) is 4.14. The third kappa shape index (κ3) is 4.96. The van der Waals surface area contributed by atoms with Crippen LogP contribution in [-0.2, 0) is 16.1 Å². The van der Waals surface area contributed by atoms with Gasteiger partial charge in [-0.1, -0.05) is 0 Å². The Morgan fingerprint density at radius 2 is 2.12 bits per heavy atom. The molecule has 0 bridgehead atoms. The maximum absolute atomic E-state index is 12.5. The van der Waals surface area contributed by atoms with Gasteiger partial charge in [0.05, 0.1) is 17.9 Å². The molecule has 0 radical (unpaired) electrons. The number of hydrogen-bond donors (Lipinski definition) is 0. The Morgan fingerprint density at radius 1 is 1.33 bits per heavy atom. The number of pyridine rings is 1. The van der Waals surface area contributed by atoms with Gasteiger partial charge in [0.2, 0.25) is 5.01 Å². The van der Waals surface area contributed by atoms with Crippen molar-refractivity contribution in [3.8, 4) is 0 Å². The van der Waals surface area contributed by atoms with Gasteiger partial charge in [-0.25, -0.2) is 19.6 Å². The van der Waals surface area contributed by atoms with Gasteiger partial charge in [-0.15, -0.1) is 11.3 Å². The Kier molecular flexibility index (Phi) is 6.62. The van der Waals surface area contributed by atoms with Crippen LogP contribution in [-0.4, -0.2) is 34.3 Å². The molecule has 0 saturated heterocycles. The van der Waals surface area contributed by atoms with Crippen LogP contribution in [0.4, 0.5) is 8.78 Å². The van der Waals surface area contributed by atoms with Crippen LogP contribution >= 0.6 is 23.1 Å². The molecule has 0 atom stereocenters. The summed E-state index contributed by atoms with van der Waals surface area (Å²) < 4.78 is 34.8. The molecule has 2 aromatic heterocycles. The van der Waals surface area contributed by atoms with Crippen LogP contribution in [0, 0.1) is 0 Å². The molecule has 0 aliphatic heterocycles. The summed E-state index contributed by atoms with van der Waals surface area (Å²) in [4.78, 5) is 31.3. The fourth-order valence-electron chi connectivity index (χ4n) is 1.60. The fourth-order valence-corrected chi connectivity index (χ4v) is 2.86. The number of thioether (sulfide) groups is 1. The monoisotopic (exact) mass is 374 g/mol. The van der Waals surface area contributed by atoms with Crippen molar-refractivity contribution in [2.24, 2.45) is 0 Å². The van der Waals surface area contributed by atoms with Crippen molar-refractivity contribution in [2.45, 2.75) is 24.3 Å². The minimum absolute atomic E-state index is 0.0522. The normalized spacial score (nSPS) is 10.7. The lowest BCUT2D eigenvalue weighted by Crippen LogP contribution is -2.09. The summed E-state index contributed by atoms with van der Waals surface area (Å²) in [5, 5.41) is 1.60. The van der Waals surface area contributed by atoms with Crippen LogP contribution in [0.5, 0.6) is 0 Å². The Hall–Kier alpha value is -2.07. The van der Waals surface area contributed by atoms with E-state index in [0.29, 0.717) is 5.69 Å². The van der Waals surface area contributed by atoms with Crippen molar-refractivity contribution < 1.29 is 27.8 Å². The molecule has 0 fully saturated rings. The van der Waals surface area contributed by atoms with E-state index >= 15 is 0 Å². The summed E-state index contributed by atoms with van der Waals surface area (Å²) >= 11 is 1.23. The van der Waals surface area contributed by atoms with Gasteiger partial charge in [0.15, 0.2) is 0 Å². The molecule has 2 heterocycles. The molecule has 10 heteroatoms. The summed E-state index contributed by atoms with van der Waals surface area (Å²) in [5.41, 5.74) is 0.312. The Labute approximate surface area is 144 Å². The van der Waals surface area contributed by atoms with E-state index in [4.69, 9.17) is 9.47 Å². The zero-order chi connectivity index (χ0) is 17.5. The van der Waals surface area contributed by atoms with Crippen molar-refractivity contribution in [2.75, 3.05) is 6.61 Å². The van der Waals surface area contributed by atoms with Gasteiger partial charge in [-0.3, -0.25) is 0 Å². The van der Waals surface area contributed by atoms with Crippen LogP contribution in [0.2, 0.25) is 0 Å². The molecule has 0 aliphatic rings. The quantitative estimate of drug-likeness (QED) is 0.543. The van der Waals surface area contributed by atoms with E-state index in [1.165, 1.54) is 18.3 Å². The molecule has 0 amide bonds. The molecule has 0 N–H and O–H groups in total. The van der Waals surface area contributed by atoms with Crippen molar-refractivity contribution in [3.05, 3.63) is 40.0 Å². The zero-order valence-corrected chi connectivity index (χ0v) is 14.0. The standard InChI is InChI=1S/C14H12F2N2O4S2/c1-2-21-13(20)11-18-8(7-23-11)6-22-12(19)9-4-3-5-17-10(9)24-14(15)16/h3-5,7,14H,2,6H2,1H3. The zero-order valence-electron chi connectivity index (χ0n) is 12.4. The lowest BCUT2D eigenvalue weighted by molar-refractivity contribution is 0.0463. The molecule has 0 aromatic carbocycles. The number of alkyl halides is 2. The number of aromatic nitrogens is 2. The average Bonchev–Trinajstić information content (AvgIpc) is 3.02. The van der Waals surface area contributed by atoms with Gasteiger partial charge < -0.3 is 9.47 Å². The molecule has 0 spiro atoms. The lowest BCUT2D eigenvalue weighted by Gasteiger charge is -2.07. The van der Waals surface area contributed by atoms with E-state index in [1.807, 2.05) is 0 Å². The van der Waals surface area contributed by atoms with E-state index in [2.05, 4.69) is 9.97 Å². The molecule has 0 saturated carbocycles. The number of thiazole rings is 1. The van der Waals surface area contributed by atoms with E-state index in [9.17, 15) is 18.4 Å². The molecular formula is C14H12F2N2O4S2. The van der Waals surface area contributed by atoms with Gasteiger partial charge in [-0.2, -0.15) is 8.78 Å². The number of carbonyl (C=O) groups excluding carboxylic acids is 2. The number of carbonyl (C=O) groups is 2. The van der Waals surface area contributed by atoms with E-state index < -0.39 is 17.7 Å². The predicted molar refractivity (Wildman–Crippen MR) is 83.3 cm³/mol. The minimum atomic E-state index is -2.70. The van der Waals surface area contributed by atoms with Crippen LogP contribution in [0.15, 0.2) is 28.7 Å². The highest BCUT2D eigenvalue weighted by Crippen LogP contribution is 2.26. The van der Waals surface area contributed by atoms with Gasteiger partial charge in [0, 0.05) is 11.6 Å². The highest BCUT2D eigenvalue weighted by atomic mass is 32.2. The maximum atomic E-state index is 12.5. The molecule has 24 heavy (non-hydrogen) atoms. The summed E-state index contributed by atoms with van der Waals surface area (Å²) in [5.74, 6) is -4.04. The van der Waals surface area contributed by atoms with Crippen LogP contribution < -0.4 is 0 Å². The minimum Gasteiger partial charge on any atom is -0.461 e. The molecule has 2 aromatic rings. The van der Waals surface area contributed by atoms with Crippen molar-refractivity contribution in [1.29, 1.82) is 0 Å². The van der Waals surface area contributed by atoms with Crippen molar-refractivity contribution in [1.82, 2.24) is 9.97 Å². The summed E-state index contributed by atoms with van der Waals surface area (Å²) in [7, 11) is 0. The van der Waals surface area contributed by atoms with Crippen LogP contribution in [0.3, 0.4) is 0 Å². The second kappa shape index (κ2) is 8.69. The van der Waals surface area contributed by atoms with Gasteiger partial charge >= 0.3 is 11.9 Å². The fraction of sp³-hybridized carbons (Fsp3) is 0.286. The molecular weight excluding hydrogens is 362 g/mol. The Balaban J connectivity index is 2.00. The highest BCUT2D eigenvalue weighted by Gasteiger charge is 2.19. The largest absolute Gasteiger partial charge is 0.461 e. The first-order chi connectivity index (χ1) is 11.5. The topological polar surface area (TPSA) is 78.4 Å². The van der Waals surface area contributed by atoms with Gasteiger partial charge in [0.25, 0.3) is 5.76 Å². The lowest BCUT2D eigenvalue weighted by atomic mass is 10.3. The Morgan fingerprint density at radius 3 is 2.83 bits per heavy atom. The van der Waals surface area contributed by atoms with Crippen LogP contribution in [0.25, 0.3) is 0 Å². The summed E-state index contributed by atoms with van der Waals surface area (Å²) in [6.45, 7) is 1.72. The number of hydrogen-bond acceptors (Lipinski definition) is 8. The third-order valence-electron chi connectivity index (χ3n) is 2.54. The smallest absolute Gasteiger partial charge is 0.367 e. The second-order valence-corrected chi connectivity index (χ2v) is 6.01. The Bertz CT molecular complexity index is 724. The maximum Gasteiger partial charge on any atom is 0.367 e. The molecule has 128 valence electrons. The van der Waals surface area contributed by atoms with Crippen LogP contribution in [0.1, 0.15) is 32.8 Å². The van der Waals surface area contributed by atoms with E-state index in [1.54, 1.807) is 12.3 Å². The molecule has 0 unspecified atom stereocenters.